The third-order valence-corrected chi connectivity index (χ3v) is 3.05. The van der Waals surface area contributed by atoms with Crippen molar-refractivity contribution in [3.8, 4) is 0 Å². The summed E-state index contributed by atoms with van der Waals surface area (Å²) in [5.74, 6) is 0.681. The molecule has 0 atom stereocenters. The fourth-order valence-corrected chi connectivity index (χ4v) is 1.94. The Bertz CT molecular complexity index is 748. The van der Waals surface area contributed by atoms with Crippen LogP contribution in [0.25, 0.3) is 10.9 Å². The van der Waals surface area contributed by atoms with Crippen molar-refractivity contribution in [3.05, 3.63) is 65.4 Å². The van der Waals surface area contributed by atoms with Crippen molar-refractivity contribution >= 4 is 34.5 Å². The molecule has 1 heterocycles. The zero-order valence-corrected chi connectivity index (χ0v) is 11.2. The van der Waals surface area contributed by atoms with E-state index in [4.69, 9.17) is 11.6 Å². The molecule has 1 N–H and O–H groups in total. The highest BCUT2D eigenvalue weighted by Crippen LogP contribution is 2.18. The van der Waals surface area contributed by atoms with Gasteiger partial charge >= 0.3 is 0 Å². The molecule has 0 amide bonds. The normalized spacial score (nSPS) is 11.1. The van der Waals surface area contributed by atoms with Crippen molar-refractivity contribution in [1.82, 2.24) is 9.97 Å². The lowest BCUT2D eigenvalue weighted by atomic mass is 10.2. The number of para-hydroxylation sites is 1. The van der Waals surface area contributed by atoms with Crippen LogP contribution in [0.3, 0.4) is 0 Å². The minimum absolute atomic E-state index is 0.681. The number of nitrogens with zero attached hydrogens (tertiary/aromatic N) is 3. The Labute approximate surface area is 121 Å². The quantitative estimate of drug-likeness (QED) is 0.588. The summed E-state index contributed by atoms with van der Waals surface area (Å²) in [5, 5.41) is 5.82. The fraction of sp³-hybridized carbons (Fsp3) is 0. The zero-order valence-electron chi connectivity index (χ0n) is 10.5. The number of benzene rings is 2. The Kier molecular flexibility index (Phi) is 3.56. The standard InChI is InChI=1S/C15H11ClN4/c16-12-7-5-11(6-8-12)9-19-20-15-13-3-1-2-4-14(13)17-10-18-15/h1-10H,(H,17,18,20)/b19-9+. The monoisotopic (exact) mass is 282 g/mol. The van der Waals surface area contributed by atoms with Crippen LogP contribution < -0.4 is 5.43 Å². The summed E-state index contributed by atoms with van der Waals surface area (Å²) in [7, 11) is 0. The summed E-state index contributed by atoms with van der Waals surface area (Å²) in [5.41, 5.74) is 4.78. The lowest BCUT2D eigenvalue weighted by Gasteiger charge is -2.03. The molecule has 0 saturated heterocycles. The topological polar surface area (TPSA) is 50.2 Å². The van der Waals surface area contributed by atoms with Gasteiger partial charge in [-0.15, -0.1) is 0 Å². The van der Waals surface area contributed by atoms with Gasteiger partial charge in [-0.3, -0.25) is 5.43 Å². The Morgan fingerprint density at radius 3 is 2.65 bits per heavy atom. The maximum atomic E-state index is 5.83. The van der Waals surface area contributed by atoms with Crippen molar-refractivity contribution in [1.29, 1.82) is 0 Å². The van der Waals surface area contributed by atoms with Gasteiger partial charge in [0.2, 0.25) is 0 Å². The van der Waals surface area contributed by atoms with E-state index in [-0.39, 0.29) is 0 Å². The van der Waals surface area contributed by atoms with Crippen LogP contribution in [-0.2, 0) is 0 Å². The second-order valence-electron chi connectivity index (χ2n) is 4.16. The zero-order chi connectivity index (χ0) is 13.8. The summed E-state index contributed by atoms with van der Waals surface area (Å²) >= 11 is 5.83. The molecule has 0 bridgehead atoms. The molecular formula is C15H11ClN4. The SMILES string of the molecule is Clc1ccc(/C=N/Nc2ncnc3ccccc23)cc1. The Balaban J connectivity index is 1.81. The Morgan fingerprint density at radius 2 is 1.80 bits per heavy atom. The van der Waals surface area contributed by atoms with Gasteiger partial charge < -0.3 is 0 Å². The number of nitrogens with one attached hydrogen (secondary N) is 1. The van der Waals surface area contributed by atoms with Crippen molar-refractivity contribution in [3.63, 3.8) is 0 Å². The second kappa shape index (κ2) is 5.67. The third kappa shape index (κ3) is 2.75. The van der Waals surface area contributed by atoms with Gasteiger partial charge in [-0.2, -0.15) is 5.10 Å². The van der Waals surface area contributed by atoms with Crippen molar-refractivity contribution in [2.24, 2.45) is 5.10 Å². The minimum atomic E-state index is 0.681. The van der Waals surface area contributed by atoms with Crippen LogP contribution in [0.2, 0.25) is 5.02 Å². The highest BCUT2D eigenvalue weighted by molar-refractivity contribution is 6.30. The van der Waals surface area contributed by atoms with Gasteiger partial charge in [0.25, 0.3) is 0 Å². The number of hydrogen-bond acceptors (Lipinski definition) is 4. The highest BCUT2D eigenvalue weighted by atomic mass is 35.5. The van der Waals surface area contributed by atoms with E-state index in [1.54, 1.807) is 6.21 Å². The number of hydrazone groups is 1. The van der Waals surface area contributed by atoms with Gasteiger partial charge in [0.15, 0.2) is 5.82 Å². The predicted octanol–water partition coefficient (Wildman–Crippen LogP) is 3.73. The average Bonchev–Trinajstić information content (AvgIpc) is 2.49. The van der Waals surface area contributed by atoms with Gasteiger partial charge in [-0.25, -0.2) is 9.97 Å². The molecule has 3 rings (SSSR count). The minimum Gasteiger partial charge on any atom is -0.261 e. The Hall–Kier alpha value is -2.46. The van der Waals surface area contributed by atoms with E-state index in [0.29, 0.717) is 10.8 Å². The lowest BCUT2D eigenvalue weighted by molar-refractivity contribution is 1.18. The van der Waals surface area contributed by atoms with Crippen molar-refractivity contribution in [2.45, 2.75) is 0 Å². The van der Waals surface area contributed by atoms with E-state index < -0.39 is 0 Å². The maximum absolute atomic E-state index is 5.83. The van der Waals surface area contributed by atoms with E-state index in [0.717, 1.165) is 16.5 Å². The smallest absolute Gasteiger partial charge is 0.157 e. The van der Waals surface area contributed by atoms with Gasteiger partial charge in [-0.05, 0) is 29.8 Å². The summed E-state index contributed by atoms with van der Waals surface area (Å²) in [4.78, 5) is 8.40. The molecule has 3 aromatic rings. The molecule has 1 aromatic heterocycles. The van der Waals surface area contributed by atoms with Gasteiger partial charge in [0.1, 0.15) is 6.33 Å². The van der Waals surface area contributed by atoms with E-state index in [9.17, 15) is 0 Å². The summed E-state index contributed by atoms with van der Waals surface area (Å²) in [6, 6.07) is 15.2. The molecule has 0 saturated carbocycles. The molecule has 0 aliphatic rings. The largest absolute Gasteiger partial charge is 0.261 e. The lowest BCUT2D eigenvalue weighted by Crippen LogP contribution is -1.95. The number of fused-ring (bicyclic) bond motifs is 1. The maximum Gasteiger partial charge on any atom is 0.157 e. The molecule has 2 aromatic carbocycles. The molecule has 0 fully saturated rings. The predicted molar refractivity (Wildman–Crippen MR) is 82.2 cm³/mol. The summed E-state index contributed by atoms with van der Waals surface area (Å²) in [6.07, 6.45) is 3.23. The molecule has 20 heavy (non-hydrogen) atoms. The molecule has 98 valence electrons. The number of anilines is 1. The number of hydrogen-bond donors (Lipinski definition) is 1. The van der Waals surface area contributed by atoms with E-state index in [2.05, 4.69) is 20.5 Å². The van der Waals surface area contributed by atoms with E-state index >= 15 is 0 Å². The number of halogens is 1. The molecule has 0 unspecified atom stereocenters. The molecule has 4 nitrogen and oxygen atoms in total. The van der Waals surface area contributed by atoms with Gasteiger partial charge in [0.05, 0.1) is 11.7 Å². The first-order chi connectivity index (χ1) is 9.83. The first-order valence-corrected chi connectivity index (χ1v) is 6.45. The molecule has 0 spiro atoms. The molecule has 0 aliphatic heterocycles. The fourth-order valence-electron chi connectivity index (χ4n) is 1.81. The summed E-state index contributed by atoms with van der Waals surface area (Å²) < 4.78 is 0. The first-order valence-electron chi connectivity index (χ1n) is 6.07. The van der Waals surface area contributed by atoms with Crippen LogP contribution >= 0.6 is 11.6 Å². The van der Waals surface area contributed by atoms with Crippen LogP contribution in [0.4, 0.5) is 5.82 Å². The van der Waals surface area contributed by atoms with Gasteiger partial charge in [0, 0.05) is 10.4 Å². The molecular weight excluding hydrogens is 272 g/mol. The van der Waals surface area contributed by atoms with Crippen LogP contribution in [0.15, 0.2) is 60.0 Å². The van der Waals surface area contributed by atoms with Crippen LogP contribution in [-0.4, -0.2) is 16.2 Å². The summed E-state index contributed by atoms with van der Waals surface area (Å²) in [6.45, 7) is 0. The Morgan fingerprint density at radius 1 is 1.00 bits per heavy atom. The first kappa shape index (κ1) is 12.6. The van der Waals surface area contributed by atoms with Crippen molar-refractivity contribution < 1.29 is 0 Å². The van der Waals surface area contributed by atoms with Gasteiger partial charge in [-0.1, -0.05) is 35.9 Å². The average molecular weight is 283 g/mol. The second-order valence-corrected chi connectivity index (χ2v) is 4.60. The van der Waals surface area contributed by atoms with Crippen LogP contribution in [0, 0.1) is 0 Å². The molecule has 0 radical (unpaired) electrons. The van der Waals surface area contributed by atoms with Crippen molar-refractivity contribution in [2.75, 3.05) is 5.43 Å². The van der Waals surface area contributed by atoms with E-state index in [1.165, 1.54) is 6.33 Å². The molecule has 5 heteroatoms. The van der Waals surface area contributed by atoms with Crippen LogP contribution in [0.1, 0.15) is 5.56 Å². The number of aromatic nitrogens is 2. The highest BCUT2D eigenvalue weighted by Gasteiger charge is 2.00. The third-order valence-electron chi connectivity index (χ3n) is 2.80. The van der Waals surface area contributed by atoms with E-state index in [1.807, 2.05) is 48.5 Å². The number of rotatable bonds is 3. The molecule has 0 aliphatic carbocycles. The van der Waals surface area contributed by atoms with Crippen LogP contribution in [0.5, 0.6) is 0 Å².